The van der Waals surface area contributed by atoms with Gasteiger partial charge in [-0.1, -0.05) is 36.4 Å². The Morgan fingerprint density at radius 1 is 0.968 bits per heavy atom. The Hall–Kier alpha value is -3.80. The molecule has 0 bridgehead atoms. The molecule has 0 fully saturated rings. The molecule has 3 aromatic carbocycles. The van der Waals surface area contributed by atoms with Crippen molar-refractivity contribution in [1.29, 1.82) is 0 Å². The van der Waals surface area contributed by atoms with E-state index in [1.54, 1.807) is 19.2 Å². The lowest BCUT2D eigenvalue weighted by atomic mass is 10.2. The van der Waals surface area contributed by atoms with Gasteiger partial charge >= 0.3 is 0 Å². The van der Waals surface area contributed by atoms with Crippen LogP contribution in [0.2, 0.25) is 0 Å². The van der Waals surface area contributed by atoms with E-state index in [1.807, 2.05) is 66.7 Å². The van der Waals surface area contributed by atoms with E-state index in [2.05, 4.69) is 9.88 Å². The van der Waals surface area contributed by atoms with Crippen LogP contribution in [0.4, 0.5) is 0 Å². The van der Waals surface area contributed by atoms with Gasteiger partial charge in [-0.05, 0) is 42.8 Å². The van der Waals surface area contributed by atoms with Crippen molar-refractivity contribution in [2.45, 2.75) is 19.5 Å². The first-order chi connectivity index (χ1) is 15.2. The zero-order valence-electron chi connectivity index (χ0n) is 17.5. The van der Waals surface area contributed by atoms with Gasteiger partial charge in [-0.2, -0.15) is 0 Å². The van der Waals surface area contributed by atoms with E-state index in [9.17, 15) is 4.79 Å². The molecule has 1 N–H and O–H groups in total. The van der Waals surface area contributed by atoms with Gasteiger partial charge in [-0.25, -0.2) is 4.98 Å². The minimum atomic E-state index is -0.111. The van der Waals surface area contributed by atoms with Crippen LogP contribution in [-0.4, -0.2) is 29.2 Å². The van der Waals surface area contributed by atoms with E-state index in [0.717, 1.165) is 41.3 Å². The van der Waals surface area contributed by atoms with Crippen LogP contribution in [0.15, 0.2) is 78.9 Å². The second kappa shape index (κ2) is 9.80. The van der Waals surface area contributed by atoms with Crippen molar-refractivity contribution < 1.29 is 14.3 Å². The third-order valence-corrected chi connectivity index (χ3v) is 5.01. The molecule has 0 radical (unpaired) electrons. The maximum atomic E-state index is 12.4. The Bertz CT molecular complexity index is 1160. The zero-order chi connectivity index (χ0) is 21.5. The van der Waals surface area contributed by atoms with Gasteiger partial charge in [0.05, 0.1) is 31.3 Å². The van der Waals surface area contributed by atoms with Gasteiger partial charge in [0.2, 0.25) is 0 Å². The Morgan fingerprint density at radius 2 is 1.74 bits per heavy atom. The summed E-state index contributed by atoms with van der Waals surface area (Å²) in [7, 11) is 1.64. The molecule has 158 valence electrons. The number of benzene rings is 3. The molecule has 4 aromatic rings. The quantitative estimate of drug-likeness (QED) is 0.410. The van der Waals surface area contributed by atoms with E-state index in [4.69, 9.17) is 14.5 Å². The molecular formula is C25H25N3O3. The third kappa shape index (κ3) is 5.04. The average molecular weight is 415 g/mol. The van der Waals surface area contributed by atoms with Crippen LogP contribution in [0.5, 0.6) is 11.5 Å². The van der Waals surface area contributed by atoms with Crippen LogP contribution in [0, 0.1) is 0 Å². The van der Waals surface area contributed by atoms with Gasteiger partial charge in [0.1, 0.15) is 17.3 Å². The molecule has 6 heteroatoms. The van der Waals surface area contributed by atoms with Crippen molar-refractivity contribution in [2.75, 3.05) is 13.7 Å². The molecule has 1 heterocycles. The summed E-state index contributed by atoms with van der Waals surface area (Å²) in [5.41, 5.74) is 2.60. The maximum absolute atomic E-state index is 12.4. The average Bonchev–Trinajstić information content (AvgIpc) is 3.18. The van der Waals surface area contributed by atoms with E-state index in [1.165, 1.54) is 0 Å². The molecule has 31 heavy (non-hydrogen) atoms. The number of carbonyl (C=O) groups excluding carboxylic acids is 1. The van der Waals surface area contributed by atoms with Crippen molar-refractivity contribution in [3.05, 3.63) is 90.3 Å². The van der Waals surface area contributed by atoms with Crippen molar-refractivity contribution in [2.24, 2.45) is 0 Å². The lowest BCUT2D eigenvalue weighted by Crippen LogP contribution is -2.24. The maximum Gasteiger partial charge on any atom is 0.251 e. The number of hydrogen-bond acceptors (Lipinski definition) is 4. The fourth-order valence-electron chi connectivity index (χ4n) is 3.46. The van der Waals surface area contributed by atoms with Crippen LogP contribution >= 0.6 is 0 Å². The first-order valence-electron chi connectivity index (χ1n) is 10.3. The minimum Gasteiger partial charge on any atom is -0.497 e. The monoisotopic (exact) mass is 415 g/mol. The number of imidazole rings is 1. The first kappa shape index (κ1) is 20.5. The van der Waals surface area contributed by atoms with Crippen LogP contribution in [0.3, 0.4) is 0 Å². The predicted molar refractivity (Wildman–Crippen MR) is 120 cm³/mol. The molecule has 6 nitrogen and oxygen atoms in total. The molecule has 0 aliphatic rings. The number of amides is 1. The van der Waals surface area contributed by atoms with Crippen LogP contribution in [0.25, 0.3) is 11.0 Å². The number of methoxy groups -OCH3 is 1. The SMILES string of the molecule is COc1cccc(OCCCn2c(CNC(=O)c3ccccc3)nc3ccccc32)c1. The molecular weight excluding hydrogens is 390 g/mol. The topological polar surface area (TPSA) is 65.4 Å². The number of nitrogens with one attached hydrogen (secondary N) is 1. The summed E-state index contributed by atoms with van der Waals surface area (Å²) in [6.45, 7) is 1.66. The standard InChI is InChI=1S/C25H25N3O3/c1-30-20-11-7-12-21(17-20)31-16-8-15-28-23-14-6-5-13-22(23)27-24(28)18-26-25(29)19-9-3-2-4-10-19/h2-7,9-14,17H,8,15-16,18H2,1H3,(H,26,29). The summed E-state index contributed by atoms with van der Waals surface area (Å²) < 4.78 is 13.3. The predicted octanol–water partition coefficient (Wildman–Crippen LogP) is 4.44. The Balaban J connectivity index is 1.42. The summed E-state index contributed by atoms with van der Waals surface area (Å²) in [5.74, 6) is 2.27. The Labute approximate surface area is 181 Å². The number of rotatable bonds is 9. The van der Waals surface area contributed by atoms with E-state index in [-0.39, 0.29) is 5.91 Å². The van der Waals surface area contributed by atoms with Crippen LogP contribution < -0.4 is 14.8 Å². The van der Waals surface area contributed by atoms with E-state index in [0.29, 0.717) is 18.7 Å². The highest BCUT2D eigenvalue weighted by atomic mass is 16.5. The minimum absolute atomic E-state index is 0.111. The number of para-hydroxylation sites is 2. The fourth-order valence-corrected chi connectivity index (χ4v) is 3.46. The van der Waals surface area contributed by atoms with Crippen molar-refractivity contribution in [3.8, 4) is 11.5 Å². The summed E-state index contributed by atoms with van der Waals surface area (Å²) in [4.78, 5) is 17.2. The lowest BCUT2D eigenvalue weighted by molar-refractivity contribution is 0.0949. The van der Waals surface area contributed by atoms with Crippen LogP contribution in [-0.2, 0) is 13.1 Å². The summed E-state index contributed by atoms with van der Waals surface area (Å²) in [6, 6.07) is 24.8. The number of fused-ring (bicyclic) bond motifs is 1. The number of aromatic nitrogens is 2. The smallest absolute Gasteiger partial charge is 0.251 e. The largest absolute Gasteiger partial charge is 0.497 e. The van der Waals surface area contributed by atoms with E-state index < -0.39 is 0 Å². The van der Waals surface area contributed by atoms with Crippen molar-refractivity contribution in [3.63, 3.8) is 0 Å². The van der Waals surface area contributed by atoms with Gasteiger partial charge in [-0.15, -0.1) is 0 Å². The lowest BCUT2D eigenvalue weighted by Gasteiger charge is -2.11. The zero-order valence-corrected chi connectivity index (χ0v) is 17.5. The number of hydrogen-bond donors (Lipinski definition) is 1. The van der Waals surface area contributed by atoms with Crippen molar-refractivity contribution >= 4 is 16.9 Å². The summed E-state index contributed by atoms with van der Waals surface area (Å²) in [6.07, 6.45) is 0.803. The normalized spacial score (nSPS) is 10.7. The molecule has 0 unspecified atom stereocenters. The second-order valence-corrected chi connectivity index (χ2v) is 7.10. The first-order valence-corrected chi connectivity index (χ1v) is 10.3. The Morgan fingerprint density at radius 3 is 2.58 bits per heavy atom. The number of carbonyl (C=O) groups is 1. The highest BCUT2D eigenvalue weighted by molar-refractivity contribution is 5.94. The molecule has 0 aliphatic heterocycles. The van der Waals surface area contributed by atoms with Gasteiger partial charge in [0, 0.05) is 18.2 Å². The molecule has 0 spiro atoms. The van der Waals surface area contributed by atoms with Crippen molar-refractivity contribution in [1.82, 2.24) is 14.9 Å². The summed E-state index contributed by atoms with van der Waals surface area (Å²) in [5, 5.41) is 2.98. The van der Waals surface area contributed by atoms with Gasteiger partial charge in [-0.3, -0.25) is 4.79 Å². The number of aryl methyl sites for hydroxylation is 1. The molecule has 1 amide bonds. The molecule has 0 atom stereocenters. The van der Waals surface area contributed by atoms with Gasteiger partial charge in [0.15, 0.2) is 0 Å². The molecule has 4 rings (SSSR count). The highest BCUT2D eigenvalue weighted by Gasteiger charge is 2.12. The third-order valence-electron chi connectivity index (χ3n) is 5.01. The van der Waals surface area contributed by atoms with Gasteiger partial charge < -0.3 is 19.4 Å². The Kier molecular flexibility index (Phi) is 6.47. The molecule has 1 aromatic heterocycles. The van der Waals surface area contributed by atoms with E-state index >= 15 is 0 Å². The number of nitrogens with zero attached hydrogens (tertiary/aromatic N) is 2. The molecule has 0 aliphatic carbocycles. The van der Waals surface area contributed by atoms with Gasteiger partial charge in [0.25, 0.3) is 5.91 Å². The molecule has 0 saturated heterocycles. The van der Waals surface area contributed by atoms with Crippen LogP contribution in [0.1, 0.15) is 22.6 Å². The summed E-state index contributed by atoms with van der Waals surface area (Å²) >= 11 is 0. The second-order valence-electron chi connectivity index (χ2n) is 7.10. The molecule has 0 saturated carbocycles. The number of ether oxygens (including phenoxy) is 2. The fraction of sp³-hybridized carbons (Fsp3) is 0.200. The highest BCUT2D eigenvalue weighted by Crippen LogP contribution is 2.20.